The van der Waals surface area contributed by atoms with E-state index < -0.39 is 5.97 Å². The number of nitrogens with one attached hydrogen (secondary N) is 1. The molecule has 1 aromatic heterocycles. The summed E-state index contributed by atoms with van der Waals surface area (Å²) in [6.07, 6.45) is 0. The number of carbonyl (C=O) groups excluding carboxylic acids is 1. The molecule has 1 unspecified atom stereocenters. The van der Waals surface area contributed by atoms with Crippen LogP contribution in [-0.4, -0.2) is 53.8 Å². The third-order valence-electron chi connectivity index (χ3n) is 2.69. The zero-order chi connectivity index (χ0) is 15.1. The Kier molecular flexibility index (Phi) is 6.40. The molecule has 0 radical (unpaired) electrons. The van der Waals surface area contributed by atoms with Crippen molar-refractivity contribution in [2.45, 2.75) is 19.9 Å². The summed E-state index contributed by atoms with van der Waals surface area (Å²) < 4.78 is 4.95. The number of carbonyl (C=O) groups is 2. The van der Waals surface area contributed by atoms with E-state index in [2.05, 4.69) is 10.3 Å². The van der Waals surface area contributed by atoms with Crippen molar-refractivity contribution in [2.24, 2.45) is 0 Å². The number of nitrogens with zero attached hydrogens (tertiary/aromatic N) is 2. The van der Waals surface area contributed by atoms with Crippen molar-refractivity contribution in [1.29, 1.82) is 0 Å². The van der Waals surface area contributed by atoms with Gasteiger partial charge in [-0.1, -0.05) is 0 Å². The van der Waals surface area contributed by atoms with Crippen molar-refractivity contribution in [2.75, 3.05) is 26.8 Å². The molecule has 1 atom stereocenters. The van der Waals surface area contributed by atoms with E-state index in [0.717, 1.165) is 0 Å². The number of hydrogen-bond donors (Lipinski definition) is 2. The molecule has 0 aliphatic rings. The molecule has 1 heterocycles. The summed E-state index contributed by atoms with van der Waals surface area (Å²) in [5, 5.41) is 13.6. The molecule has 0 aromatic carbocycles. The van der Waals surface area contributed by atoms with Crippen molar-refractivity contribution in [1.82, 2.24) is 15.2 Å². The first-order valence-electron chi connectivity index (χ1n) is 6.22. The SMILES string of the molecule is CCN(CCOC)C(=O)NC(C)c1nc(C(=O)O)cs1. The summed E-state index contributed by atoms with van der Waals surface area (Å²) in [5.74, 6) is -1.07. The molecule has 2 N–H and O–H groups in total. The second-order valence-electron chi connectivity index (χ2n) is 4.12. The van der Waals surface area contributed by atoms with Gasteiger partial charge >= 0.3 is 12.0 Å². The van der Waals surface area contributed by atoms with Gasteiger partial charge < -0.3 is 20.1 Å². The van der Waals surface area contributed by atoms with Gasteiger partial charge in [-0.3, -0.25) is 0 Å². The fourth-order valence-electron chi connectivity index (χ4n) is 1.53. The molecule has 8 heteroatoms. The zero-order valence-electron chi connectivity index (χ0n) is 11.8. The monoisotopic (exact) mass is 301 g/mol. The predicted molar refractivity (Wildman–Crippen MR) is 75.1 cm³/mol. The number of methoxy groups -OCH3 is 1. The summed E-state index contributed by atoms with van der Waals surface area (Å²) in [7, 11) is 1.58. The van der Waals surface area contributed by atoms with Crippen LogP contribution in [0.1, 0.15) is 35.4 Å². The van der Waals surface area contributed by atoms with Crippen molar-refractivity contribution >= 4 is 23.3 Å². The number of ether oxygens (including phenoxy) is 1. The molecule has 112 valence electrons. The van der Waals surface area contributed by atoms with Gasteiger partial charge in [-0.15, -0.1) is 11.3 Å². The Morgan fingerprint density at radius 1 is 1.60 bits per heavy atom. The first-order chi connectivity index (χ1) is 9.49. The number of aromatic carboxylic acids is 1. The lowest BCUT2D eigenvalue weighted by atomic mass is 10.3. The molecular formula is C12H19N3O4S. The molecular weight excluding hydrogens is 282 g/mol. The summed E-state index contributed by atoms with van der Waals surface area (Å²) in [6.45, 7) is 5.19. The predicted octanol–water partition coefficient (Wildman–Crippen LogP) is 1.58. The molecule has 2 amide bonds. The number of thiazole rings is 1. The van der Waals surface area contributed by atoms with Crippen LogP contribution < -0.4 is 5.32 Å². The number of likely N-dealkylation sites (N-methyl/N-ethyl adjacent to an activating group) is 1. The van der Waals surface area contributed by atoms with Crippen molar-refractivity contribution in [3.05, 3.63) is 16.1 Å². The van der Waals surface area contributed by atoms with Crippen molar-refractivity contribution in [3.63, 3.8) is 0 Å². The van der Waals surface area contributed by atoms with Gasteiger partial charge in [0.2, 0.25) is 0 Å². The molecule has 0 saturated carbocycles. The third kappa shape index (κ3) is 4.46. The van der Waals surface area contributed by atoms with Gasteiger partial charge in [0, 0.05) is 25.6 Å². The second kappa shape index (κ2) is 7.81. The van der Waals surface area contributed by atoms with Crippen LogP contribution in [0, 0.1) is 0 Å². The van der Waals surface area contributed by atoms with Crippen LogP contribution in [0.2, 0.25) is 0 Å². The Bertz CT molecular complexity index is 463. The van der Waals surface area contributed by atoms with Gasteiger partial charge in [0.05, 0.1) is 12.6 Å². The lowest BCUT2D eigenvalue weighted by Gasteiger charge is -2.22. The average molecular weight is 301 g/mol. The topological polar surface area (TPSA) is 91.8 Å². The quantitative estimate of drug-likeness (QED) is 0.797. The summed E-state index contributed by atoms with van der Waals surface area (Å²) in [6, 6.07) is -0.554. The zero-order valence-corrected chi connectivity index (χ0v) is 12.6. The van der Waals surface area contributed by atoms with Gasteiger partial charge in [0.1, 0.15) is 5.01 Å². The fourth-order valence-corrected chi connectivity index (χ4v) is 2.33. The summed E-state index contributed by atoms with van der Waals surface area (Å²) in [5.41, 5.74) is -0.00201. The summed E-state index contributed by atoms with van der Waals surface area (Å²) in [4.78, 5) is 28.4. The first kappa shape index (κ1) is 16.4. The molecule has 0 fully saturated rings. The van der Waals surface area contributed by atoms with E-state index in [1.165, 1.54) is 16.7 Å². The normalized spacial score (nSPS) is 11.9. The molecule has 7 nitrogen and oxygen atoms in total. The molecule has 0 bridgehead atoms. The highest BCUT2D eigenvalue weighted by molar-refractivity contribution is 7.09. The number of carboxylic acids is 1. The molecule has 20 heavy (non-hydrogen) atoms. The maximum absolute atomic E-state index is 12.0. The summed E-state index contributed by atoms with van der Waals surface area (Å²) >= 11 is 1.22. The highest BCUT2D eigenvalue weighted by Gasteiger charge is 2.18. The third-order valence-corrected chi connectivity index (χ3v) is 3.71. The van der Waals surface area contributed by atoms with E-state index in [1.807, 2.05) is 6.92 Å². The lowest BCUT2D eigenvalue weighted by Crippen LogP contribution is -2.42. The van der Waals surface area contributed by atoms with E-state index in [-0.39, 0.29) is 17.8 Å². The first-order valence-corrected chi connectivity index (χ1v) is 7.10. The minimum atomic E-state index is -1.07. The largest absolute Gasteiger partial charge is 0.476 e. The molecule has 0 saturated heterocycles. The highest BCUT2D eigenvalue weighted by Crippen LogP contribution is 2.18. The Hall–Kier alpha value is -1.67. The highest BCUT2D eigenvalue weighted by atomic mass is 32.1. The van der Waals surface area contributed by atoms with Crippen LogP contribution in [0.25, 0.3) is 0 Å². The van der Waals surface area contributed by atoms with E-state index in [9.17, 15) is 9.59 Å². The fraction of sp³-hybridized carbons (Fsp3) is 0.583. The van der Waals surface area contributed by atoms with E-state index >= 15 is 0 Å². The number of urea groups is 1. The Labute approximate surface area is 121 Å². The minimum absolute atomic E-state index is 0.00201. The van der Waals surface area contributed by atoms with Gasteiger partial charge in [-0.05, 0) is 13.8 Å². The minimum Gasteiger partial charge on any atom is -0.476 e. The Morgan fingerprint density at radius 3 is 2.80 bits per heavy atom. The van der Waals surface area contributed by atoms with Crippen LogP contribution >= 0.6 is 11.3 Å². The smallest absolute Gasteiger partial charge is 0.355 e. The van der Waals surface area contributed by atoms with E-state index in [0.29, 0.717) is 24.7 Å². The van der Waals surface area contributed by atoms with E-state index in [4.69, 9.17) is 9.84 Å². The van der Waals surface area contributed by atoms with Gasteiger partial charge in [0.15, 0.2) is 5.69 Å². The van der Waals surface area contributed by atoms with Gasteiger partial charge in [0.25, 0.3) is 0 Å². The number of amides is 2. The molecule has 0 spiro atoms. The van der Waals surface area contributed by atoms with Crippen molar-refractivity contribution < 1.29 is 19.4 Å². The maximum atomic E-state index is 12.0. The molecule has 0 aliphatic carbocycles. The van der Waals surface area contributed by atoms with Gasteiger partial charge in [-0.2, -0.15) is 0 Å². The van der Waals surface area contributed by atoms with Crippen LogP contribution in [-0.2, 0) is 4.74 Å². The second-order valence-corrected chi connectivity index (χ2v) is 5.01. The van der Waals surface area contributed by atoms with E-state index in [1.54, 1.807) is 18.9 Å². The number of hydrogen-bond acceptors (Lipinski definition) is 5. The number of rotatable bonds is 7. The van der Waals surface area contributed by atoms with Crippen LogP contribution in [0.5, 0.6) is 0 Å². The van der Waals surface area contributed by atoms with Gasteiger partial charge in [-0.25, -0.2) is 14.6 Å². The number of aromatic nitrogens is 1. The standard InChI is InChI=1S/C12H19N3O4S/c1-4-15(5-6-19-3)12(18)13-8(2)10-14-9(7-20-10)11(16)17/h7-8H,4-6H2,1-3H3,(H,13,18)(H,16,17). The Balaban J connectivity index is 2.61. The lowest BCUT2D eigenvalue weighted by molar-refractivity contribution is 0.0691. The van der Waals surface area contributed by atoms with Crippen LogP contribution in [0.4, 0.5) is 4.79 Å². The Morgan fingerprint density at radius 2 is 2.30 bits per heavy atom. The van der Waals surface area contributed by atoms with Crippen LogP contribution in [0.15, 0.2) is 5.38 Å². The van der Waals surface area contributed by atoms with Crippen LogP contribution in [0.3, 0.4) is 0 Å². The number of carboxylic acid groups (broad SMARTS) is 1. The molecule has 1 rings (SSSR count). The molecule has 1 aromatic rings. The van der Waals surface area contributed by atoms with Crippen molar-refractivity contribution in [3.8, 4) is 0 Å². The maximum Gasteiger partial charge on any atom is 0.355 e. The molecule has 0 aliphatic heterocycles. The average Bonchev–Trinajstić information content (AvgIpc) is 2.89.